The summed E-state index contributed by atoms with van der Waals surface area (Å²) in [5.41, 5.74) is 1.68. The van der Waals surface area contributed by atoms with Crippen LogP contribution in [-0.2, 0) is 0 Å². The van der Waals surface area contributed by atoms with Crippen LogP contribution in [-0.4, -0.2) is 20.7 Å². The molecule has 0 atom stereocenters. The van der Waals surface area contributed by atoms with Crippen LogP contribution in [0.25, 0.3) is 0 Å². The summed E-state index contributed by atoms with van der Waals surface area (Å²) < 4.78 is 5.10. The third-order valence-corrected chi connectivity index (χ3v) is 5.45. The zero-order valence-electron chi connectivity index (χ0n) is 7.60. The minimum atomic E-state index is -1.08. The second kappa shape index (κ2) is 4.89. The fourth-order valence-electron chi connectivity index (χ4n) is 1.14. The average Bonchev–Trinajstić information content (AvgIpc) is 2.16. The number of methoxy groups -OCH3 is 1. The summed E-state index contributed by atoms with van der Waals surface area (Å²) in [4.78, 5) is 0. The fraction of sp³-hybridized carbons (Fsp3) is 0.333. The van der Waals surface area contributed by atoms with Crippen molar-refractivity contribution in [1.29, 1.82) is 0 Å². The molecular weight excluding hydrogens is 223 g/mol. The Kier molecular flexibility index (Phi) is 4.10. The molecule has 0 N–H and O–H groups in total. The zero-order valence-corrected chi connectivity index (χ0v) is 10.1. The van der Waals surface area contributed by atoms with E-state index < -0.39 is 8.11 Å². The van der Waals surface area contributed by atoms with E-state index in [0.29, 0.717) is 5.50 Å². The van der Waals surface area contributed by atoms with Gasteiger partial charge < -0.3 is 4.74 Å². The first-order chi connectivity index (χ1) is 6.19. The van der Waals surface area contributed by atoms with Crippen molar-refractivity contribution in [3.8, 4) is 5.75 Å². The number of alkyl halides is 1. The van der Waals surface area contributed by atoms with Crippen LogP contribution in [0.2, 0.25) is 0 Å². The predicted octanol–water partition coefficient (Wildman–Crippen LogP) is 2.22. The maximum atomic E-state index is 6.12. The highest BCUT2D eigenvalue weighted by Gasteiger charge is 2.12. The van der Waals surface area contributed by atoms with Crippen LogP contribution in [0.1, 0.15) is 5.56 Å². The van der Waals surface area contributed by atoms with Gasteiger partial charge in [0.25, 0.3) is 0 Å². The molecule has 1 aromatic carbocycles. The summed E-state index contributed by atoms with van der Waals surface area (Å²) in [6.07, 6.45) is 0. The van der Waals surface area contributed by atoms with E-state index in [2.05, 4.69) is 0 Å². The van der Waals surface area contributed by atoms with Crippen molar-refractivity contribution in [2.45, 2.75) is 6.92 Å². The Morgan fingerprint density at radius 1 is 1.46 bits per heavy atom. The lowest BCUT2D eigenvalue weighted by atomic mass is 10.2. The molecule has 0 aliphatic carbocycles. The molecule has 71 valence electrons. The SMILES string of the molecule is COc1ccc([Si](Cl)CCl)c(C)c1. The van der Waals surface area contributed by atoms with Crippen LogP contribution in [0.4, 0.5) is 0 Å². The Labute approximate surface area is 89.9 Å². The molecule has 4 heteroatoms. The molecule has 0 spiro atoms. The number of rotatable bonds is 3. The summed E-state index contributed by atoms with van der Waals surface area (Å²) in [6.45, 7) is 2.03. The van der Waals surface area contributed by atoms with E-state index in [-0.39, 0.29) is 0 Å². The van der Waals surface area contributed by atoms with Gasteiger partial charge >= 0.3 is 0 Å². The van der Waals surface area contributed by atoms with Crippen molar-refractivity contribution in [3.63, 3.8) is 0 Å². The predicted molar refractivity (Wildman–Crippen MR) is 59.7 cm³/mol. The molecule has 1 radical (unpaired) electrons. The highest BCUT2D eigenvalue weighted by atomic mass is 35.6. The monoisotopic (exact) mass is 233 g/mol. The van der Waals surface area contributed by atoms with Gasteiger partial charge in [0.05, 0.1) is 7.11 Å². The van der Waals surface area contributed by atoms with Crippen LogP contribution >= 0.6 is 22.7 Å². The van der Waals surface area contributed by atoms with Gasteiger partial charge in [0.1, 0.15) is 5.75 Å². The molecule has 0 aliphatic heterocycles. The molecule has 0 unspecified atom stereocenters. The first-order valence-corrected chi connectivity index (χ1v) is 7.16. The van der Waals surface area contributed by atoms with Gasteiger partial charge in [-0.1, -0.05) is 6.07 Å². The maximum Gasteiger partial charge on any atom is 0.215 e. The lowest BCUT2D eigenvalue weighted by Crippen LogP contribution is -2.28. The molecule has 0 amide bonds. The lowest BCUT2D eigenvalue weighted by Gasteiger charge is -2.09. The fourth-order valence-corrected chi connectivity index (χ4v) is 3.12. The Bertz CT molecular complexity index is 291. The maximum absolute atomic E-state index is 6.12. The number of halogens is 2. The Morgan fingerprint density at radius 2 is 2.15 bits per heavy atom. The van der Waals surface area contributed by atoms with Gasteiger partial charge in [-0.05, 0) is 29.8 Å². The Hall–Kier alpha value is -0.183. The van der Waals surface area contributed by atoms with E-state index in [1.54, 1.807) is 7.11 Å². The van der Waals surface area contributed by atoms with Crippen LogP contribution < -0.4 is 9.92 Å². The van der Waals surface area contributed by atoms with Gasteiger partial charge in [-0.3, -0.25) is 0 Å². The average molecular weight is 234 g/mol. The van der Waals surface area contributed by atoms with Gasteiger partial charge in [-0.15, -0.1) is 11.6 Å². The molecule has 1 rings (SSSR count). The number of hydrogen-bond donors (Lipinski definition) is 0. The molecular formula is C9H11Cl2OSi. The van der Waals surface area contributed by atoms with Crippen molar-refractivity contribution >= 4 is 36.0 Å². The van der Waals surface area contributed by atoms with Gasteiger partial charge in [-0.25, -0.2) is 0 Å². The van der Waals surface area contributed by atoms with E-state index in [1.807, 2.05) is 25.1 Å². The molecule has 0 saturated heterocycles. The summed E-state index contributed by atoms with van der Waals surface area (Å²) >= 11 is 11.8. The summed E-state index contributed by atoms with van der Waals surface area (Å²) in [5.74, 6) is 0.863. The number of benzene rings is 1. The van der Waals surface area contributed by atoms with E-state index in [1.165, 1.54) is 5.19 Å². The zero-order chi connectivity index (χ0) is 9.84. The second-order valence-corrected chi connectivity index (χ2v) is 6.51. The highest BCUT2D eigenvalue weighted by Crippen LogP contribution is 2.11. The quantitative estimate of drug-likeness (QED) is 0.442. The topological polar surface area (TPSA) is 9.23 Å². The molecule has 0 heterocycles. The van der Waals surface area contributed by atoms with Crippen molar-refractivity contribution in [1.82, 2.24) is 0 Å². The first kappa shape index (κ1) is 10.9. The van der Waals surface area contributed by atoms with Crippen LogP contribution in [0.15, 0.2) is 18.2 Å². The van der Waals surface area contributed by atoms with E-state index in [0.717, 1.165) is 11.3 Å². The number of hydrogen-bond acceptors (Lipinski definition) is 1. The highest BCUT2D eigenvalue weighted by molar-refractivity contribution is 7.16. The minimum Gasteiger partial charge on any atom is -0.497 e. The minimum absolute atomic E-state index is 0.527. The summed E-state index contributed by atoms with van der Waals surface area (Å²) in [7, 11) is 0.576. The third kappa shape index (κ3) is 2.63. The number of ether oxygens (including phenoxy) is 1. The molecule has 0 bridgehead atoms. The lowest BCUT2D eigenvalue weighted by molar-refractivity contribution is 0.414. The Morgan fingerprint density at radius 3 is 2.62 bits per heavy atom. The molecule has 13 heavy (non-hydrogen) atoms. The van der Waals surface area contributed by atoms with E-state index in [4.69, 9.17) is 27.4 Å². The molecule has 0 aliphatic rings. The van der Waals surface area contributed by atoms with Gasteiger partial charge in [0.15, 0.2) is 0 Å². The molecule has 1 aromatic rings. The molecule has 0 fully saturated rings. The number of aryl methyl sites for hydroxylation is 1. The molecule has 0 aromatic heterocycles. The summed E-state index contributed by atoms with van der Waals surface area (Å²) in [6, 6.07) is 5.90. The van der Waals surface area contributed by atoms with E-state index in [9.17, 15) is 0 Å². The van der Waals surface area contributed by atoms with Gasteiger partial charge in [0.2, 0.25) is 8.11 Å². The second-order valence-electron chi connectivity index (χ2n) is 2.72. The van der Waals surface area contributed by atoms with Crippen LogP contribution in [0, 0.1) is 6.92 Å². The molecule has 1 nitrogen and oxygen atoms in total. The first-order valence-electron chi connectivity index (χ1n) is 3.91. The van der Waals surface area contributed by atoms with Crippen molar-refractivity contribution in [2.24, 2.45) is 0 Å². The van der Waals surface area contributed by atoms with Crippen molar-refractivity contribution in [2.75, 3.05) is 12.6 Å². The van der Waals surface area contributed by atoms with E-state index >= 15 is 0 Å². The largest absolute Gasteiger partial charge is 0.497 e. The standard InChI is InChI=1S/C9H11Cl2OSi/c1-7-5-8(12-2)3-4-9(7)13(11)6-10/h3-5H,6H2,1-2H3. The van der Waals surface area contributed by atoms with Gasteiger partial charge in [0, 0.05) is 5.50 Å². The normalized spacial score (nSPS) is 10.5. The van der Waals surface area contributed by atoms with Crippen LogP contribution in [0.3, 0.4) is 0 Å². The van der Waals surface area contributed by atoms with Gasteiger partial charge in [-0.2, -0.15) is 11.1 Å². The molecule has 0 saturated carbocycles. The van der Waals surface area contributed by atoms with Crippen LogP contribution in [0.5, 0.6) is 5.75 Å². The Balaban J connectivity index is 2.98. The summed E-state index contributed by atoms with van der Waals surface area (Å²) in [5, 5.41) is 1.17. The van der Waals surface area contributed by atoms with Crippen molar-refractivity contribution < 1.29 is 4.74 Å². The third-order valence-electron chi connectivity index (χ3n) is 1.84. The smallest absolute Gasteiger partial charge is 0.215 e. The van der Waals surface area contributed by atoms with Crippen molar-refractivity contribution in [3.05, 3.63) is 23.8 Å².